The standard InChI is InChI=1S/C20H25FN4O5/c21-12-2-3-15-14(10-12)20(11-16(30-15)17(22)27)18(28)25(19(29)23-20)7-1-6-24-8-4-13(26)5-9-24/h2-3,10,13,16,26H,1,4-9,11H2,(H2,22,27)(H,23,29)/t16-,20-/m0/s1. The van der Waals surface area contributed by atoms with Crippen LogP contribution in [0.15, 0.2) is 18.2 Å². The summed E-state index contributed by atoms with van der Waals surface area (Å²) in [4.78, 5) is 41.0. The van der Waals surface area contributed by atoms with Gasteiger partial charge in [-0.15, -0.1) is 0 Å². The molecule has 0 aromatic heterocycles. The Morgan fingerprint density at radius 1 is 1.30 bits per heavy atom. The summed E-state index contributed by atoms with van der Waals surface area (Å²) in [5.74, 6) is -1.74. The molecule has 1 spiro atoms. The summed E-state index contributed by atoms with van der Waals surface area (Å²) in [7, 11) is 0. The van der Waals surface area contributed by atoms with Gasteiger partial charge in [-0.25, -0.2) is 9.18 Å². The molecule has 0 aliphatic carbocycles. The van der Waals surface area contributed by atoms with Gasteiger partial charge in [-0.1, -0.05) is 0 Å². The largest absolute Gasteiger partial charge is 0.480 e. The number of benzene rings is 1. The maximum atomic E-state index is 13.9. The number of carbonyl (C=O) groups excluding carboxylic acids is 3. The number of ether oxygens (including phenoxy) is 1. The van der Waals surface area contributed by atoms with E-state index in [2.05, 4.69) is 10.2 Å². The smallest absolute Gasteiger partial charge is 0.325 e. The van der Waals surface area contributed by atoms with Gasteiger partial charge in [-0.05, 0) is 44.0 Å². The SMILES string of the molecule is NC(=O)[C@@H]1C[C@]2(NC(=O)N(CCCN3CCC(O)CC3)C2=O)c2cc(F)ccc2O1. The van der Waals surface area contributed by atoms with E-state index in [4.69, 9.17) is 10.5 Å². The number of carbonyl (C=O) groups is 3. The Kier molecular flexibility index (Phi) is 5.37. The molecule has 2 atom stereocenters. The number of halogens is 1. The third-order valence-electron chi connectivity index (χ3n) is 6.07. The van der Waals surface area contributed by atoms with Crippen molar-refractivity contribution >= 4 is 17.8 Å². The van der Waals surface area contributed by atoms with E-state index >= 15 is 0 Å². The van der Waals surface area contributed by atoms with Gasteiger partial charge in [0.25, 0.3) is 11.8 Å². The van der Waals surface area contributed by atoms with Crippen molar-refractivity contribution in [2.45, 2.75) is 43.4 Å². The summed E-state index contributed by atoms with van der Waals surface area (Å²) in [5, 5.41) is 12.3. The van der Waals surface area contributed by atoms with Crippen LogP contribution in [-0.2, 0) is 15.1 Å². The molecule has 4 N–H and O–H groups in total. The number of hydrogen-bond donors (Lipinski definition) is 3. The first-order valence-corrected chi connectivity index (χ1v) is 10.1. The predicted octanol–water partition coefficient (Wildman–Crippen LogP) is 0.0560. The molecule has 30 heavy (non-hydrogen) atoms. The molecule has 2 saturated heterocycles. The van der Waals surface area contributed by atoms with Crippen LogP contribution < -0.4 is 15.8 Å². The number of fused-ring (bicyclic) bond motifs is 2. The maximum Gasteiger partial charge on any atom is 0.325 e. The van der Waals surface area contributed by atoms with Crippen LogP contribution in [0.4, 0.5) is 9.18 Å². The van der Waals surface area contributed by atoms with Crippen molar-refractivity contribution < 1.29 is 28.6 Å². The van der Waals surface area contributed by atoms with E-state index in [1.807, 2.05) is 0 Å². The zero-order valence-corrected chi connectivity index (χ0v) is 16.5. The Morgan fingerprint density at radius 3 is 2.73 bits per heavy atom. The zero-order chi connectivity index (χ0) is 21.5. The molecule has 0 bridgehead atoms. The number of nitrogens with one attached hydrogen (secondary N) is 1. The van der Waals surface area contributed by atoms with Crippen LogP contribution in [0.1, 0.15) is 31.2 Å². The second kappa shape index (κ2) is 7.84. The molecule has 3 heterocycles. The van der Waals surface area contributed by atoms with E-state index in [0.29, 0.717) is 25.8 Å². The van der Waals surface area contributed by atoms with Crippen LogP contribution in [0, 0.1) is 5.82 Å². The third kappa shape index (κ3) is 3.61. The highest BCUT2D eigenvalue weighted by atomic mass is 19.1. The molecule has 3 aliphatic rings. The molecule has 4 rings (SSSR count). The van der Waals surface area contributed by atoms with Gasteiger partial charge >= 0.3 is 6.03 Å². The van der Waals surface area contributed by atoms with E-state index in [1.54, 1.807) is 0 Å². The third-order valence-corrected chi connectivity index (χ3v) is 6.07. The Balaban J connectivity index is 1.52. The summed E-state index contributed by atoms with van der Waals surface area (Å²) < 4.78 is 19.5. The highest BCUT2D eigenvalue weighted by molar-refractivity contribution is 6.08. The molecule has 4 amide bonds. The van der Waals surface area contributed by atoms with Crippen LogP contribution >= 0.6 is 0 Å². The summed E-state index contributed by atoms with van der Waals surface area (Å²) in [5.41, 5.74) is 4.00. The van der Waals surface area contributed by atoms with Gasteiger partial charge in [-0.2, -0.15) is 0 Å². The van der Waals surface area contributed by atoms with Crippen molar-refractivity contribution in [2.75, 3.05) is 26.2 Å². The van der Waals surface area contributed by atoms with Crippen molar-refractivity contribution in [1.82, 2.24) is 15.1 Å². The van der Waals surface area contributed by atoms with Gasteiger partial charge in [0.15, 0.2) is 11.6 Å². The number of piperidine rings is 1. The van der Waals surface area contributed by atoms with Crippen molar-refractivity contribution in [3.63, 3.8) is 0 Å². The first-order valence-electron chi connectivity index (χ1n) is 10.1. The van der Waals surface area contributed by atoms with E-state index in [-0.39, 0.29) is 30.4 Å². The van der Waals surface area contributed by atoms with E-state index in [0.717, 1.165) is 30.1 Å². The van der Waals surface area contributed by atoms with Crippen molar-refractivity contribution in [1.29, 1.82) is 0 Å². The number of primary amides is 1. The fourth-order valence-electron chi connectivity index (χ4n) is 4.43. The molecule has 0 radical (unpaired) electrons. The number of rotatable bonds is 5. The Labute approximate surface area is 172 Å². The molecule has 0 unspecified atom stereocenters. The van der Waals surface area contributed by atoms with Crippen molar-refractivity contribution in [3.05, 3.63) is 29.6 Å². The fraction of sp³-hybridized carbons (Fsp3) is 0.550. The number of nitrogens with two attached hydrogens (primary N) is 1. The lowest BCUT2D eigenvalue weighted by Gasteiger charge is -2.36. The van der Waals surface area contributed by atoms with E-state index in [1.165, 1.54) is 6.07 Å². The molecule has 9 nitrogen and oxygen atoms in total. The van der Waals surface area contributed by atoms with Crippen LogP contribution in [0.2, 0.25) is 0 Å². The number of urea groups is 1. The maximum absolute atomic E-state index is 13.9. The summed E-state index contributed by atoms with van der Waals surface area (Å²) in [6, 6.07) is 3.04. The van der Waals surface area contributed by atoms with Gasteiger partial charge in [-0.3, -0.25) is 14.5 Å². The fourth-order valence-corrected chi connectivity index (χ4v) is 4.43. The van der Waals surface area contributed by atoms with Gasteiger partial charge < -0.3 is 25.8 Å². The molecule has 162 valence electrons. The number of aliphatic hydroxyl groups excluding tert-OH is 1. The first-order chi connectivity index (χ1) is 14.3. The topological polar surface area (TPSA) is 125 Å². The van der Waals surface area contributed by atoms with E-state index in [9.17, 15) is 23.9 Å². The number of aliphatic hydroxyl groups is 1. The average Bonchev–Trinajstić information content (AvgIpc) is 2.94. The zero-order valence-electron chi connectivity index (χ0n) is 16.5. The minimum Gasteiger partial charge on any atom is -0.480 e. The Bertz CT molecular complexity index is 873. The lowest BCUT2D eigenvalue weighted by molar-refractivity contribution is -0.135. The molecule has 2 fully saturated rings. The number of nitrogens with zero attached hydrogens (tertiary/aromatic N) is 2. The highest BCUT2D eigenvalue weighted by Gasteiger charge is 2.57. The second-order valence-electron chi connectivity index (χ2n) is 8.07. The quantitative estimate of drug-likeness (QED) is 0.579. The lowest BCUT2D eigenvalue weighted by Crippen LogP contribution is -2.53. The van der Waals surface area contributed by atoms with Gasteiger partial charge in [0.1, 0.15) is 11.6 Å². The molecular weight excluding hydrogens is 395 g/mol. The van der Waals surface area contributed by atoms with Gasteiger partial charge in [0, 0.05) is 31.6 Å². The normalized spacial score (nSPS) is 27.1. The molecule has 1 aromatic carbocycles. The molecule has 10 heteroatoms. The predicted molar refractivity (Wildman–Crippen MR) is 103 cm³/mol. The van der Waals surface area contributed by atoms with Crippen LogP contribution in [-0.4, -0.2) is 71.1 Å². The monoisotopic (exact) mass is 420 g/mol. The Morgan fingerprint density at radius 2 is 2.03 bits per heavy atom. The first kappa shape index (κ1) is 20.5. The van der Waals surface area contributed by atoms with Crippen LogP contribution in [0.25, 0.3) is 0 Å². The second-order valence-corrected chi connectivity index (χ2v) is 8.07. The molecule has 1 aromatic rings. The average molecular weight is 420 g/mol. The number of likely N-dealkylation sites (tertiary alicyclic amines) is 1. The van der Waals surface area contributed by atoms with Crippen molar-refractivity contribution in [3.8, 4) is 5.75 Å². The number of hydrogen-bond acceptors (Lipinski definition) is 6. The highest BCUT2D eigenvalue weighted by Crippen LogP contribution is 2.43. The summed E-state index contributed by atoms with van der Waals surface area (Å²) >= 11 is 0. The summed E-state index contributed by atoms with van der Waals surface area (Å²) in [6.07, 6.45) is 0.416. The minimum atomic E-state index is -1.58. The van der Waals surface area contributed by atoms with Gasteiger partial charge in [0.05, 0.1) is 6.10 Å². The molecule has 0 saturated carbocycles. The van der Waals surface area contributed by atoms with Gasteiger partial charge in [0.2, 0.25) is 0 Å². The van der Waals surface area contributed by atoms with Crippen molar-refractivity contribution in [2.24, 2.45) is 5.73 Å². The minimum absolute atomic E-state index is 0.147. The number of imide groups is 1. The Hall–Kier alpha value is -2.72. The van der Waals surface area contributed by atoms with E-state index < -0.39 is 35.3 Å². The lowest BCUT2D eigenvalue weighted by atomic mass is 9.81. The summed E-state index contributed by atoms with van der Waals surface area (Å²) in [6.45, 7) is 2.43. The van der Waals surface area contributed by atoms with Crippen LogP contribution in [0.3, 0.4) is 0 Å². The van der Waals surface area contributed by atoms with Crippen LogP contribution in [0.5, 0.6) is 5.75 Å². The molecular formula is C20H25FN4O5. The number of amides is 4. The molecule has 3 aliphatic heterocycles.